The first-order valence-electron chi connectivity index (χ1n) is 25.5. The molecule has 0 saturated carbocycles. The summed E-state index contributed by atoms with van der Waals surface area (Å²) in [5, 5.41) is 3.67. The molecule has 5 heteroatoms. The molecule has 0 spiro atoms. The monoisotopic (exact) mass is 926 g/mol. The first-order chi connectivity index (χ1) is 33.7. The molecule has 0 fully saturated rings. The highest BCUT2D eigenvalue weighted by molar-refractivity contribution is 7.00. The smallest absolute Gasteiger partial charge is 0.297 e. The molecule has 0 unspecified atom stereocenters. The molecule has 0 radical (unpaired) electrons. The summed E-state index contributed by atoms with van der Waals surface area (Å²) < 4.78 is 9.84. The van der Waals surface area contributed by atoms with E-state index in [1.54, 1.807) is 0 Å². The molecule has 2 aromatic heterocycles. The second-order valence-electron chi connectivity index (χ2n) is 24.3. The van der Waals surface area contributed by atoms with Crippen molar-refractivity contribution in [2.24, 2.45) is 0 Å². The van der Waals surface area contributed by atoms with E-state index in [-0.39, 0.29) is 28.4 Å². The van der Waals surface area contributed by atoms with E-state index in [1.807, 2.05) is 0 Å². The van der Waals surface area contributed by atoms with Gasteiger partial charge in [-0.25, -0.2) is 0 Å². The third-order valence-corrected chi connectivity index (χ3v) is 15.4. The lowest BCUT2D eigenvalue weighted by atomic mass is 9.35. The molecule has 71 heavy (non-hydrogen) atoms. The zero-order valence-corrected chi connectivity index (χ0v) is 43.5. The Kier molecular flexibility index (Phi) is 9.89. The van der Waals surface area contributed by atoms with Crippen molar-refractivity contribution in [3.05, 3.63) is 192 Å². The van der Waals surface area contributed by atoms with Gasteiger partial charge in [0.15, 0.2) is 0 Å². The molecule has 8 aromatic carbocycles. The van der Waals surface area contributed by atoms with Crippen LogP contribution in [-0.4, -0.2) is 11.3 Å². The van der Waals surface area contributed by atoms with Crippen molar-refractivity contribution < 1.29 is 4.42 Å². The molecule has 4 heterocycles. The maximum Gasteiger partial charge on any atom is 0.297 e. The molecular formula is C66H64BN3O. The van der Waals surface area contributed by atoms with Gasteiger partial charge >= 0.3 is 0 Å². The van der Waals surface area contributed by atoms with E-state index in [0.717, 1.165) is 56.4 Å². The Morgan fingerprint density at radius 2 is 0.887 bits per heavy atom. The molecule has 0 aliphatic carbocycles. The number of hydrogen-bond donors (Lipinski definition) is 0. The maximum absolute atomic E-state index is 7.34. The normalized spacial score (nSPS) is 13.8. The molecule has 12 rings (SSSR count). The molecule has 10 aromatic rings. The molecule has 0 saturated heterocycles. The Balaban J connectivity index is 1.14. The number of furan rings is 1. The predicted octanol–water partition coefficient (Wildman–Crippen LogP) is 16.5. The van der Waals surface area contributed by atoms with E-state index in [9.17, 15) is 0 Å². The van der Waals surface area contributed by atoms with Crippen LogP contribution in [0.5, 0.6) is 0 Å². The van der Waals surface area contributed by atoms with Crippen LogP contribution in [0.1, 0.15) is 105 Å². The number of aromatic nitrogens is 1. The Bertz CT molecular complexity index is 3660. The van der Waals surface area contributed by atoms with Crippen LogP contribution in [0.3, 0.4) is 0 Å². The van der Waals surface area contributed by atoms with Gasteiger partial charge in [-0.3, -0.25) is 0 Å². The quantitative estimate of drug-likeness (QED) is 0.164. The summed E-state index contributed by atoms with van der Waals surface area (Å²) in [4.78, 5) is 5.00. The van der Waals surface area contributed by atoms with Crippen LogP contribution in [-0.2, 0) is 21.7 Å². The average Bonchev–Trinajstić information content (AvgIpc) is 3.88. The zero-order valence-electron chi connectivity index (χ0n) is 43.5. The van der Waals surface area contributed by atoms with Crippen LogP contribution in [0.15, 0.2) is 174 Å². The highest BCUT2D eigenvalue weighted by Gasteiger charge is 2.47. The van der Waals surface area contributed by atoms with E-state index in [0.29, 0.717) is 0 Å². The van der Waals surface area contributed by atoms with Gasteiger partial charge in [0.1, 0.15) is 5.58 Å². The van der Waals surface area contributed by atoms with E-state index in [2.05, 4.69) is 267 Å². The fourth-order valence-electron chi connectivity index (χ4n) is 11.4. The van der Waals surface area contributed by atoms with Crippen molar-refractivity contribution in [1.82, 2.24) is 4.57 Å². The summed E-state index contributed by atoms with van der Waals surface area (Å²) in [5.74, 6) is 0. The molecule has 0 amide bonds. The van der Waals surface area contributed by atoms with Gasteiger partial charge in [0.25, 0.3) is 6.71 Å². The van der Waals surface area contributed by atoms with Gasteiger partial charge in [-0.15, -0.1) is 0 Å². The van der Waals surface area contributed by atoms with Crippen molar-refractivity contribution >= 4 is 90.2 Å². The summed E-state index contributed by atoms with van der Waals surface area (Å²) in [6.45, 7) is 27.4. The van der Waals surface area contributed by atoms with Crippen LogP contribution in [0.2, 0.25) is 0 Å². The summed E-state index contributed by atoms with van der Waals surface area (Å²) in [6.07, 6.45) is 0. The van der Waals surface area contributed by atoms with Crippen LogP contribution in [0, 0.1) is 0 Å². The standard InChI is InChI=1S/C66H64BN3O/c1-63(2,3)43-22-28-47(29-23-43)68-56-19-16-20-57-60(56)67(62-61(70(57)48-30-24-44(25-31-48)64(4,5)6)52-37-42(21-36-59(52)71-62)41-17-14-13-15-18-41)53-33-32-49(40-58(53)68)69-54-34-26-45(65(7,8)9)38-50(54)51-39-46(66(10,11)12)27-35-55(51)69/h13-40H,1-12H3. The summed E-state index contributed by atoms with van der Waals surface area (Å²) in [5.41, 5.74) is 22.3. The predicted molar refractivity (Wildman–Crippen MR) is 305 cm³/mol. The van der Waals surface area contributed by atoms with E-state index < -0.39 is 0 Å². The van der Waals surface area contributed by atoms with E-state index in [1.165, 1.54) is 66.1 Å². The minimum absolute atomic E-state index is 0.00936. The molecule has 352 valence electrons. The lowest BCUT2D eigenvalue weighted by Gasteiger charge is -2.42. The molecule has 0 atom stereocenters. The van der Waals surface area contributed by atoms with Crippen molar-refractivity contribution in [3.8, 4) is 16.8 Å². The van der Waals surface area contributed by atoms with Gasteiger partial charge in [0, 0.05) is 50.3 Å². The number of fused-ring (bicyclic) bond motifs is 9. The van der Waals surface area contributed by atoms with Crippen LogP contribution < -0.4 is 26.4 Å². The summed E-state index contributed by atoms with van der Waals surface area (Å²) in [7, 11) is 0. The summed E-state index contributed by atoms with van der Waals surface area (Å²) >= 11 is 0. The Hall–Kier alpha value is -7.24. The lowest BCUT2D eigenvalue weighted by molar-refractivity contribution is 0.590. The Morgan fingerprint density at radius 1 is 0.380 bits per heavy atom. The van der Waals surface area contributed by atoms with Gasteiger partial charge < -0.3 is 18.8 Å². The fraction of sp³-hybridized carbons (Fsp3) is 0.242. The van der Waals surface area contributed by atoms with Gasteiger partial charge in [0.2, 0.25) is 0 Å². The second kappa shape index (κ2) is 15.6. The van der Waals surface area contributed by atoms with Gasteiger partial charge in [-0.1, -0.05) is 168 Å². The summed E-state index contributed by atoms with van der Waals surface area (Å²) in [6, 6.07) is 64.3. The van der Waals surface area contributed by atoms with Gasteiger partial charge in [-0.05, 0) is 151 Å². The minimum Gasteiger partial charge on any atom is -0.468 e. The van der Waals surface area contributed by atoms with E-state index in [4.69, 9.17) is 4.42 Å². The Morgan fingerprint density at radius 3 is 1.44 bits per heavy atom. The third-order valence-electron chi connectivity index (χ3n) is 15.4. The van der Waals surface area contributed by atoms with Crippen LogP contribution >= 0.6 is 0 Å². The first kappa shape index (κ1) is 44.9. The van der Waals surface area contributed by atoms with E-state index >= 15 is 0 Å². The second-order valence-corrected chi connectivity index (χ2v) is 24.3. The lowest BCUT2D eigenvalue weighted by Crippen LogP contribution is -2.61. The largest absolute Gasteiger partial charge is 0.468 e. The zero-order chi connectivity index (χ0) is 49.5. The van der Waals surface area contributed by atoms with Crippen LogP contribution in [0.25, 0.3) is 49.6 Å². The number of nitrogens with zero attached hydrogens (tertiary/aromatic N) is 3. The SMILES string of the molecule is CC(C)(C)c1ccc(N2c3cc(-n4c5ccc(C(C)(C)C)cc5c5cc(C(C)(C)C)ccc54)ccc3B3c4oc5ccc(-c6ccccc6)cc5c4N(c4ccc(C(C)(C)C)cc4)c4cccc2c43)cc1. The third kappa shape index (κ3) is 7.25. The van der Waals surface area contributed by atoms with Crippen molar-refractivity contribution in [3.63, 3.8) is 0 Å². The first-order valence-corrected chi connectivity index (χ1v) is 25.5. The van der Waals surface area contributed by atoms with Crippen LogP contribution in [0.4, 0.5) is 34.1 Å². The van der Waals surface area contributed by atoms with Crippen molar-refractivity contribution in [2.45, 2.75) is 105 Å². The fourth-order valence-corrected chi connectivity index (χ4v) is 11.4. The minimum atomic E-state index is -0.176. The molecular weight excluding hydrogens is 862 g/mol. The number of anilines is 6. The molecule has 2 aliphatic rings. The van der Waals surface area contributed by atoms with Crippen molar-refractivity contribution in [1.29, 1.82) is 0 Å². The molecule has 0 N–H and O–H groups in total. The molecule has 4 nitrogen and oxygen atoms in total. The molecule has 0 bridgehead atoms. The molecule has 2 aliphatic heterocycles. The number of benzene rings is 8. The number of hydrogen-bond acceptors (Lipinski definition) is 3. The average molecular weight is 926 g/mol. The topological polar surface area (TPSA) is 24.6 Å². The Labute approximate surface area is 420 Å². The highest BCUT2D eigenvalue weighted by Crippen LogP contribution is 2.48. The van der Waals surface area contributed by atoms with Gasteiger partial charge in [-0.2, -0.15) is 0 Å². The van der Waals surface area contributed by atoms with Crippen molar-refractivity contribution in [2.75, 3.05) is 9.80 Å². The maximum atomic E-state index is 7.34. The highest BCUT2D eigenvalue weighted by atomic mass is 16.3. The van der Waals surface area contributed by atoms with Gasteiger partial charge in [0.05, 0.1) is 22.4 Å². The number of rotatable bonds is 4.